The van der Waals surface area contributed by atoms with Crippen molar-refractivity contribution in [1.29, 1.82) is 0 Å². The van der Waals surface area contributed by atoms with E-state index < -0.39 is 0 Å². The average molecular weight is 172 g/mol. The van der Waals surface area contributed by atoms with Crippen molar-refractivity contribution in [3.8, 4) is 0 Å². The first-order chi connectivity index (χ1) is 5.74. The molecular formula is C8H16N2O2. The van der Waals surface area contributed by atoms with Crippen LogP contribution in [0.2, 0.25) is 0 Å². The van der Waals surface area contributed by atoms with Crippen LogP contribution in [0.4, 0.5) is 0 Å². The van der Waals surface area contributed by atoms with Crippen molar-refractivity contribution in [2.24, 2.45) is 11.7 Å². The van der Waals surface area contributed by atoms with Gasteiger partial charge >= 0.3 is 0 Å². The first kappa shape index (κ1) is 9.48. The number of primary amides is 1. The van der Waals surface area contributed by atoms with E-state index in [2.05, 4.69) is 4.90 Å². The van der Waals surface area contributed by atoms with Crippen LogP contribution < -0.4 is 5.73 Å². The van der Waals surface area contributed by atoms with Crippen molar-refractivity contribution in [3.05, 3.63) is 0 Å². The van der Waals surface area contributed by atoms with E-state index in [1.54, 1.807) is 0 Å². The van der Waals surface area contributed by atoms with Crippen LogP contribution in [0.1, 0.15) is 12.8 Å². The lowest BCUT2D eigenvalue weighted by molar-refractivity contribution is -0.123. The van der Waals surface area contributed by atoms with Gasteiger partial charge in [-0.2, -0.15) is 0 Å². The maximum atomic E-state index is 10.8. The third-order valence-corrected chi connectivity index (χ3v) is 2.32. The van der Waals surface area contributed by atoms with E-state index in [9.17, 15) is 4.79 Å². The van der Waals surface area contributed by atoms with Crippen molar-refractivity contribution < 1.29 is 9.90 Å². The molecule has 0 aliphatic carbocycles. The molecule has 1 fully saturated rings. The summed E-state index contributed by atoms with van der Waals surface area (Å²) in [5.74, 6) is -0.220. The molecule has 1 aliphatic rings. The first-order valence-corrected chi connectivity index (χ1v) is 4.36. The maximum absolute atomic E-state index is 10.8. The number of aliphatic hydroxyl groups is 1. The molecule has 0 aromatic rings. The number of carbonyl (C=O) groups excluding carboxylic acids is 1. The third kappa shape index (κ3) is 2.46. The molecule has 4 heteroatoms. The van der Waals surface area contributed by atoms with Crippen LogP contribution in [0, 0.1) is 5.92 Å². The fourth-order valence-corrected chi connectivity index (χ4v) is 1.63. The van der Waals surface area contributed by atoms with Gasteiger partial charge < -0.3 is 15.7 Å². The van der Waals surface area contributed by atoms with Gasteiger partial charge in [-0.25, -0.2) is 0 Å². The lowest BCUT2D eigenvalue weighted by atomic mass is 9.98. The number of nitrogens with zero attached hydrogens (tertiary/aromatic N) is 1. The lowest BCUT2D eigenvalue weighted by Crippen LogP contribution is -2.42. The number of hydrogen-bond acceptors (Lipinski definition) is 3. The predicted molar refractivity (Wildman–Crippen MR) is 45.4 cm³/mol. The van der Waals surface area contributed by atoms with Crippen LogP contribution in [0.25, 0.3) is 0 Å². The molecule has 0 saturated carbocycles. The van der Waals surface area contributed by atoms with Crippen molar-refractivity contribution in [3.63, 3.8) is 0 Å². The van der Waals surface area contributed by atoms with Gasteiger partial charge in [0.15, 0.2) is 0 Å². The normalized spacial score (nSPS) is 25.6. The van der Waals surface area contributed by atoms with Gasteiger partial charge in [0.1, 0.15) is 0 Å². The first-order valence-electron chi connectivity index (χ1n) is 4.36. The zero-order valence-electron chi connectivity index (χ0n) is 7.20. The lowest BCUT2D eigenvalue weighted by Gasteiger charge is -2.30. The standard InChI is InChI=1S/C8H16N2O2/c9-8(12)7-2-1-3-10(6-7)4-5-11/h7,11H,1-6H2,(H2,9,12)/t7-/m0/s1. The van der Waals surface area contributed by atoms with Crippen molar-refractivity contribution in [2.75, 3.05) is 26.2 Å². The summed E-state index contributed by atoms with van der Waals surface area (Å²) in [6.07, 6.45) is 1.91. The van der Waals surface area contributed by atoms with Crippen LogP contribution >= 0.6 is 0 Å². The summed E-state index contributed by atoms with van der Waals surface area (Å²) in [7, 11) is 0. The molecule has 12 heavy (non-hydrogen) atoms. The SMILES string of the molecule is NC(=O)[C@H]1CCCN(CCO)C1. The van der Waals surface area contributed by atoms with Crippen molar-refractivity contribution in [2.45, 2.75) is 12.8 Å². The molecule has 0 radical (unpaired) electrons. The maximum Gasteiger partial charge on any atom is 0.221 e. The Morgan fingerprint density at radius 2 is 2.42 bits per heavy atom. The molecule has 1 rings (SSSR count). The van der Waals surface area contributed by atoms with Crippen LogP contribution in [-0.4, -0.2) is 42.2 Å². The number of piperidine rings is 1. The van der Waals surface area contributed by atoms with Gasteiger partial charge in [-0.05, 0) is 19.4 Å². The van der Waals surface area contributed by atoms with E-state index in [0.717, 1.165) is 25.9 Å². The van der Waals surface area contributed by atoms with Gasteiger partial charge in [-0.1, -0.05) is 0 Å². The number of β-amino-alcohol motifs (C(OH)–C–C–N with tert-alkyl or cyclic N) is 1. The second-order valence-electron chi connectivity index (χ2n) is 3.27. The van der Waals surface area contributed by atoms with Gasteiger partial charge in [0.25, 0.3) is 0 Å². The Bertz CT molecular complexity index is 159. The molecule has 1 heterocycles. The van der Waals surface area contributed by atoms with E-state index >= 15 is 0 Å². The number of carbonyl (C=O) groups is 1. The number of amides is 1. The molecule has 1 atom stereocenters. The van der Waals surface area contributed by atoms with Gasteiger partial charge in [-0.15, -0.1) is 0 Å². The van der Waals surface area contributed by atoms with Crippen LogP contribution in [-0.2, 0) is 4.79 Å². The highest BCUT2D eigenvalue weighted by Crippen LogP contribution is 2.15. The highest BCUT2D eigenvalue weighted by Gasteiger charge is 2.22. The van der Waals surface area contributed by atoms with E-state index in [1.165, 1.54) is 0 Å². The van der Waals surface area contributed by atoms with Crippen molar-refractivity contribution in [1.82, 2.24) is 4.90 Å². The van der Waals surface area contributed by atoms with Gasteiger partial charge in [0.2, 0.25) is 5.91 Å². The molecule has 0 aromatic carbocycles. The van der Waals surface area contributed by atoms with Crippen LogP contribution in [0.5, 0.6) is 0 Å². The zero-order valence-corrected chi connectivity index (χ0v) is 7.20. The number of rotatable bonds is 3. The molecule has 4 nitrogen and oxygen atoms in total. The van der Waals surface area contributed by atoms with Crippen LogP contribution in [0.15, 0.2) is 0 Å². The molecule has 1 amide bonds. The molecular weight excluding hydrogens is 156 g/mol. The second-order valence-corrected chi connectivity index (χ2v) is 3.27. The quantitative estimate of drug-likeness (QED) is 0.584. The molecule has 70 valence electrons. The monoisotopic (exact) mass is 172 g/mol. The van der Waals surface area contributed by atoms with E-state index in [0.29, 0.717) is 6.54 Å². The Labute approximate surface area is 72.3 Å². The molecule has 0 aromatic heterocycles. The fraction of sp³-hybridized carbons (Fsp3) is 0.875. The highest BCUT2D eigenvalue weighted by molar-refractivity contribution is 5.76. The summed E-state index contributed by atoms with van der Waals surface area (Å²) in [6, 6.07) is 0. The summed E-state index contributed by atoms with van der Waals surface area (Å²) >= 11 is 0. The number of aliphatic hydroxyl groups excluding tert-OH is 1. The molecule has 1 aliphatic heterocycles. The van der Waals surface area contributed by atoms with E-state index in [-0.39, 0.29) is 18.4 Å². The Kier molecular flexibility index (Phi) is 3.49. The zero-order chi connectivity index (χ0) is 8.97. The Morgan fingerprint density at radius 1 is 1.67 bits per heavy atom. The second kappa shape index (κ2) is 4.42. The Hall–Kier alpha value is -0.610. The molecule has 3 N–H and O–H groups in total. The largest absolute Gasteiger partial charge is 0.395 e. The summed E-state index contributed by atoms with van der Waals surface area (Å²) in [6.45, 7) is 2.51. The predicted octanol–water partition coefficient (Wildman–Crippen LogP) is -0.824. The minimum Gasteiger partial charge on any atom is -0.395 e. The molecule has 0 unspecified atom stereocenters. The minimum absolute atomic E-state index is 0.00898. The van der Waals surface area contributed by atoms with Gasteiger partial charge in [-0.3, -0.25) is 4.79 Å². The molecule has 1 saturated heterocycles. The van der Waals surface area contributed by atoms with E-state index in [4.69, 9.17) is 10.8 Å². The topological polar surface area (TPSA) is 66.6 Å². The van der Waals surface area contributed by atoms with Gasteiger partial charge in [0, 0.05) is 13.1 Å². The van der Waals surface area contributed by atoms with Crippen LogP contribution in [0.3, 0.4) is 0 Å². The smallest absolute Gasteiger partial charge is 0.221 e. The van der Waals surface area contributed by atoms with E-state index in [1.807, 2.05) is 0 Å². The summed E-state index contributed by atoms with van der Waals surface area (Å²) in [5.41, 5.74) is 5.20. The third-order valence-electron chi connectivity index (χ3n) is 2.32. The molecule has 0 bridgehead atoms. The fourth-order valence-electron chi connectivity index (χ4n) is 1.63. The summed E-state index contributed by atoms with van der Waals surface area (Å²) in [4.78, 5) is 12.9. The van der Waals surface area contributed by atoms with Crippen molar-refractivity contribution >= 4 is 5.91 Å². The highest BCUT2D eigenvalue weighted by atomic mass is 16.3. The Morgan fingerprint density at radius 3 is 3.00 bits per heavy atom. The summed E-state index contributed by atoms with van der Waals surface area (Å²) in [5, 5.41) is 8.69. The number of hydrogen-bond donors (Lipinski definition) is 2. The number of likely N-dealkylation sites (tertiary alicyclic amines) is 1. The number of nitrogens with two attached hydrogens (primary N) is 1. The average Bonchev–Trinajstić information content (AvgIpc) is 2.05. The summed E-state index contributed by atoms with van der Waals surface area (Å²) < 4.78 is 0. The Balaban J connectivity index is 2.35. The van der Waals surface area contributed by atoms with Gasteiger partial charge in [0.05, 0.1) is 12.5 Å². The molecule has 0 spiro atoms. The minimum atomic E-state index is -0.211.